The van der Waals surface area contributed by atoms with Gasteiger partial charge in [0.1, 0.15) is 0 Å². The van der Waals surface area contributed by atoms with Gasteiger partial charge in [-0.15, -0.1) is 0 Å². The zero-order valence-electron chi connectivity index (χ0n) is 17.9. The molecule has 0 spiro atoms. The first-order valence-electron chi connectivity index (χ1n) is 11.6. The highest BCUT2D eigenvalue weighted by Gasteiger charge is 2.41. The molecule has 1 aromatic rings. The number of anilines is 1. The van der Waals surface area contributed by atoms with Crippen LogP contribution < -0.4 is 4.90 Å². The lowest BCUT2D eigenvalue weighted by Crippen LogP contribution is -2.45. The van der Waals surface area contributed by atoms with Crippen LogP contribution >= 0.6 is 0 Å². The largest absolute Gasteiger partial charge is 0.311 e. The molecule has 2 saturated carbocycles. The van der Waals surface area contributed by atoms with Crippen molar-refractivity contribution in [1.82, 2.24) is 9.21 Å². The minimum Gasteiger partial charge on any atom is -0.311 e. The van der Waals surface area contributed by atoms with Gasteiger partial charge in [0.2, 0.25) is 15.9 Å². The van der Waals surface area contributed by atoms with Crippen molar-refractivity contribution in [2.45, 2.75) is 75.3 Å². The Morgan fingerprint density at radius 1 is 1.10 bits per heavy atom. The Bertz CT molecular complexity index is 918. The van der Waals surface area contributed by atoms with E-state index in [0.29, 0.717) is 43.2 Å². The molecule has 4 aliphatic rings. The average Bonchev–Trinajstić information content (AvgIpc) is 3.68. The molecule has 1 aromatic carbocycles. The maximum absolute atomic E-state index is 13.2. The number of sulfonamides is 1. The maximum atomic E-state index is 13.2. The van der Waals surface area contributed by atoms with Crippen LogP contribution in [0, 0.1) is 5.92 Å². The molecule has 1 saturated heterocycles. The molecule has 1 atom stereocenters. The van der Waals surface area contributed by atoms with Crippen molar-refractivity contribution < 1.29 is 13.2 Å². The number of nitrogens with zero attached hydrogens (tertiary/aromatic N) is 3. The zero-order chi connectivity index (χ0) is 20.9. The van der Waals surface area contributed by atoms with Crippen molar-refractivity contribution >= 4 is 21.6 Å². The number of piperidine rings is 1. The predicted molar refractivity (Wildman–Crippen MR) is 117 cm³/mol. The normalized spacial score (nSPS) is 23.6. The van der Waals surface area contributed by atoms with E-state index < -0.39 is 10.0 Å². The lowest BCUT2D eigenvalue weighted by atomic mass is 10.1. The minimum absolute atomic E-state index is 0.153. The van der Waals surface area contributed by atoms with E-state index in [1.807, 2.05) is 11.0 Å². The van der Waals surface area contributed by atoms with Crippen LogP contribution in [0.4, 0.5) is 5.69 Å². The molecule has 7 heteroatoms. The molecule has 1 amide bonds. The first-order chi connectivity index (χ1) is 14.4. The van der Waals surface area contributed by atoms with E-state index in [4.69, 9.17) is 0 Å². The van der Waals surface area contributed by atoms with E-state index in [-0.39, 0.29) is 5.91 Å². The molecule has 5 rings (SSSR count). The summed E-state index contributed by atoms with van der Waals surface area (Å²) in [6, 6.07) is 6.41. The predicted octanol–water partition coefficient (Wildman–Crippen LogP) is 3.01. The number of hydrogen-bond donors (Lipinski definition) is 0. The molecule has 30 heavy (non-hydrogen) atoms. The van der Waals surface area contributed by atoms with Crippen molar-refractivity contribution in [3.63, 3.8) is 0 Å². The summed E-state index contributed by atoms with van der Waals surface area (Å²) in [6.07, 6.45) is 8.69. The Hall–Kier alpha value is -1.44. The van der Waals surface area contributed by atoms with Gasteiger partial charge in [0, 0.05) is 37.4 Å². The molecule has 3 fully saturated rings. The molecule has 2 aliphatic carbocycles. The summed E-state index contributed by atoms with van der Waals surface area (Å²) in [7, 11) is -3.44. The van der Waals surface area contributed by atoms with Crippen LogP contribution in [0.1, 0.15) is 57.4 Å². The number of hydrogen-bond acceptors (Lipinski definition) is 4. The maximum Gasteiger partial charge on any atom is 0.243 e. The summed E-state index contributed by atoms with van der Waals surface area (Å²) >= 11 is 0. The van der Waals surface area contributed by atoms with Gasteiger partial charge in [0.15, 0.2) is 0 Å². The number of rotatable bonds is 7. The van der Waals surface area contributed by atoms with Crippen molar-refractivity contribution in [2.24, 2.45) is 5.92 Å². The fourth-order valence-electron chi connectivity index (χ4n) is 5.15. The molecular formula is C23H33N3O3S. The van der Waals surface area contributed by atoms with Crippen LogP contribution in [0.25, 0.3) is 0 Å². The topological polar surface area (TPSA) is 60.9 Å². The second kappa shape index (κ2) is 7.92. The average molecular weight is 432 g/mol. The van der Waals surface area contributed by atoms with Gasteiger partial charge in [0.05, 0.1) is 11.4 Å². The van der Waals surface area contributed by atoms with E-state index in [9.17, 15) is 13.2 Å². The lowest BCUT2D eigenvalue weighted by molar-refractivity contribution is -0.120. The smallest absolute Gasteiger partial charge is 0.243 e. The number of carbonyl (C=O) groups is 1. The minimum atomic E-state index is -3.44. The van der Waals surface area contributed by atoms with Gasteiger partial charge in [-0.05, 0) is 81.5 Å². The molecule has 2 aliphatic heterocycles. The fraction of sp³-hybridized carbons (Fsp3) is 0.696. The van der Waals surface area contributed by atoms with Crippen molar-refractivity contribution in [1.29, 1.82) is 0 Å². The van der Waals surface area contributed by atoms with Gasteiger partial charge >= 0.3 is 0 Å². The second-order valence-corrected chi connectivity index (χ2v) is 11.5. The molecule has 0 radical (unpaired) electrons. The highest BCUT2D eigenvalue weighted by Crippen LogP contribution is 2.40. The summed E-state index contributed by atoms with van der Waals surface area (Å²) in [6.45, 7) is 4.63. The van der Waals surface area contributed by atoms with Crippen LogP contribution in [0.3, 0.4) is 0 Å². The van der Waals surface area contributed by atoms with Gasteiger partial charge in [-0.25, -0.2) is 8.42 Å². The highest BCUT2D eigenvalue weighted by molar-refractivity contribution is 7.89. The van der Waals surface area contributed by atoms with Crippen LogP contribution in [0.2, 0.25) is 0 Å². The van der Waals surface area contributed by atoms with Crippen LogP contribution in [0.15, 0.2) is 23.1 Å². The lowest BCUT2D eigenvalue weighted by Gasteiger charge is -2.30. The molecule has 0 bridgehead atoms. The third-order valence-electron chi connectivity index (χ3n) is 7.36. The number of fused-ring (bicyclic) bond motifs is 1. The number of benzene rings is 1. The van der Waals surface area contributed by atoms with Gasteiger partial charge in [-0.1, -0.05) is 6.42 Å². The highest BCUT2D eigenvalue weighted by atomic mass is 32.2. The van der Waals surface area contributed by atoms with Gasteiger partial charge in [-0.3, -0.25) is 9.69 Å². The molecule has 0 N–H and O–H groups in total. The summed E-state index contributed by atoms with van der Waals surface area (Å²) < 4.78 is 27.6. The Morgan fingerprint density at radius 3 is 2.50 bits per heavy atom. The molecule has 6 nitrogen and oxygen atoms in total. The van der Waals surface area contributed by atoms with Crippen molar-refractivity contribution in [3.8, 4) is 0 Å². The Balaban J connectivity index is 1.31. The third-order valence-corrected chi connectivity index (χ3v) is 9.26. The Labute approximate surface area is 180 Å². The summed E-state index contributed by atoms with van der Waals surface area (Å²) in [5.41, 5.74) is 1.88. The molecule has 1 unspecified atom stereocenters. The third kappa shape index (κ3) is 3.92. The van der Waals surface area contributed by atoms with Crippen molar-refractivity contribution in [3.05, 3.63) is 23.8 Å². The second-order valence-electron chi connectivity index (χ2n) is 9.53. The van der Waals surface area contributed by atoms with E-state index in [2.05, 4.69) is 11.8 Å². The van der Waals surface area contributed by atoms with Crippen LogP contribution in [-0.4, -0.2) is 61.8 Å². The van der Waals surface area contributed by atoms with Gasteiger partial charge in [0.25, 0.3) is 0 Å². The van der Waals surface area contributed by atoms with Crippen LogP contribution in [0.5, 0.6) is 0 Å². The first-order valence-corrected chi connectivity index (χ1v) is 13.1. The quantitative estimate of drug-likeness (QED) is 0.666. The van der Waals surface area contributed by atoms with Crippen LogP contribution in [-0.2, 0) is 21.2 Å². The summed E-state index contributed by atoms with van der Waals surface area (Å²) in [5, 5.41) is 0. The van der Waals surface area contributed by atoms with Gasteiger partial charge < -0.3 is 4.90 Å². The Kier molecular flexibility index (Phi) is 5.40. The van der Waals surface area contributed by atoms with E-state index in [1.165, 1.54) is 25.7 Å². The molecular weight excluding hydrogens is 398 g/mol. The Morgan fingerprint density at radius 2 is 1.83 bits per heavy atom. The summed E-state index contributed by atoms with van der Waals surface area (Å²) in [5.74, 6) is 0.909. The van der Waals surface area contributed by atoms with Gasteiger partial charge in [-0.2, -0.15) is 4.31 Å². The van der Waals surface area contributed by atoms with E-state index >= 15 is 0 Å². The number of amides is 1. The molecule has 0 aromatic heterocycles. The SMILES string of the molecule is CC(C1CC1)N(CC(=O)N1CCc2cc(S(=O)(=O)N3CCCCC3)ccc21)C1CC1. The molecule has 164 valence electrons. The first kappa shape index (κ1) is 20.5. The summed E-state index contributed by atoms with van der Waals surface area (Å²) in [4.78, 5) is 17.9. The zero-order valence-corrected chi connectivity index (χ0v) is 18.7. The molecule has 2 heterocycles. The standard InChI is InChI=1S/C23H33N3O3S/c1-17(18-5-6-18)26(20-7-8-20)16-23(27)25-14-11-19-15-21(9-10-22(19)25)30(28,29)24-12-3-2-4-13-24/h9-10,15,17-18,20H,2-8,11-14,16H2,1H3. The fourth-order valence-corrected chi connectivity index (χ4v) is 6.72. The monoisotopic (exact) mass is 431 g/mol. The van der Waals surface area contributed by atoms with E-state index in [1.54, 1.807) is 16.4 Å². The number of carbonyl (C=O) groups excluding carboxylic acids is 1. The van der Waals surface area contributed by atoms with Crippen molar-refractivity contribution in [2.75, 3.05) is 31.1 Å². The van der Waals surface area contributed by atoms with E-state index in [0.717, 1.165) is 42.9 Å².